The monoisotopic (exact) mass is 361 g/mol. The number of aryl methyl sites for hydroxylation is 1. The number of likely N-dealkylation sites (N-methyl/N-ethyl adjacent to an activating group) is 1. The van der Waals surface area contributed by atoms with E-state index < -0.39 is 0 Å². The van der Waals surface area contributed by atoms with E-state index in [1.165, 1.54) is 11.0 Å². The third kappa shape index (κ3) is 2.96. The second-order valence-corrected chi connectivity index (χ2v) is 5.83. The van der Waals surface area contributed by atoms with Crippen LogP contribution in [0.4, 0.5) is 4.39 Å². The van der Waals surface area contributed by atoms with Crippen LogP contribution in [0.5, 0.6) is 0 Å². The van der Waals surface area contributed by atoms with Gasteiger partial charge in [0.2, 0.25) is 5.91 Å². The molecule has 0 spiro atoms. The summed E-state index contributed by atoms with van der Waals surface area (Å²) in [7, 11) is 3.36. The molecule has 1 heterocycles. The summed E-state index contributed by atoms with van der Waals surface area (Å²) in [6.45, 7) is 0.122. The van der Waals surface area contributed by atoms with E-state index in [2.05, 4.69) is 20.9 Å². The van der Waals surface area contributed by atoms with Gasteiger partial charge in [0.1, 0.15) is 18.2 Å². The van der Waals surface area contributed by atoms with Gasteiger partial charge in [0.25, 0.3) is 0 Å². The number of hydrogen-bond donors (Lipinski definition) is 0. The summed E-state index contributed by atoms with van der Waals surface area (Å²) in [5, 5.41) is 0. The molecule has 0 radical (unpaired) electrons. The fourth-order valence-electron chi connectivity index (χ4n) is 1.90. The number of carbonyl (C=O) groups is 1. The summed E-state index contributed by atoms with van der Waals surface area (Å²) in [6, 6.07) is 2.99. The Balaban J connectivity index is 2.55. The van der Waals surface area contributed by atoms with Gasteiger partial charge in [-0.3, -0.25) is 4.79 Å². The summed E-state index contributed by atoms with van der Waals surface area (Å²) < 4.78 is 15.8. The van der Waals surface area contributed by atoms with Crippen molar-refractivity contribution >= 4 is 44.5 Å². The first-order valence-electron chi connectivity index (χ1n) is 6.04. The molecule has 1 aromatic carbocycles. The van der Waals surface area contributed by atoms with Gasteiger partial charge < -0.3 is 9.47 Å². The molecule has 1 aromatic heterocycles. The van der Waals surface area contributed by atoms with Crippen LogP contribution in [0.25, 0.3) is 11.0 Å². The molecule has 0 saturated carbocycles. The number of halogens is 3. The van der Waals surface area contributed by atoms with E-state index in [0.717, 1.165) is 0 Å². The summed E-state index contributed by atoms with van der Waals surface area (Å²) in [5.41, 5.74) is 1.24. The zero-order valence-corrected chi connectivity index (χ0v) is 13.5. The molecule has 0 atom stereocenters. The Bertz CT molecular complexity index is 657. The number of rotatable bonds is 4. The second kappa shape index (κ2) is 6.10. The van der Waals surface area contributed by atoms with Crippen molar-refractivity contribution in [3.05, 3.63) is 28.2 Å². The van der Waals surface area contributed by atoms with Gasteiger partial charge >= 0.3 is 0 Å². The van der Waals surface area contributed by atoms with Crippen LogP contribution >= 0.6 is 27.5 Å². The van der Waals surface area contributed by atoms with E-state index in [9.17, 15) is 9.18 Å². The largest absolute Gasteiger partial charge is 0.347 e. The Labute approximate surface area is 129 Å². The van der Waals surface area contributed by atoms with Crippen LogP contribution < -0.4 is 0 Å². The highest BCUT2D eigenvalue weighted by Crippen LogP contribution is 2.24. The molecule has 2 aromatic rings. The average Bonchev–Trinajstić information content (AvgIpc) is 2.68. The van der Waals surface area contributed by atoms with Crippen LogP contribution in [0.3, 0.4) is 0 Å². The lowest BCUT2D eigenvalue weighted by molar-refractivity contribution is -0.129. The van der Waals surface area contributed by atoms with Crippen molar-refractivity contribution < 1.29 is 9.18 Å². The quantitative estimate of drug-likeness (QED) is 0.785. The van der Waals surface area contributed by atoms with Crippen molar-refractivity contribution in [1.29, 1.82) is 0 Å². The number of amides is 1. The van der Waals surface area contributed by atoms with E-state index in [1.807, 2.05) is 0 Å². The fourth-order valence-corrected chi connectivity index (χ4v) is 2.40. The third-order valence-corrected chi connectivity index (χ3v) is 3.78. The molecule has 0 unspecified atom stereocenters. The molecular weight excluding hydrogens is 349 g/mol. The molecule has 1 amide bonds. The van der Waals surface area contributed by atoms with E-state index in [4.69, 9.17) is 11.6 Å². The smallest absolute Gasteiger partial charge is 0.242 e. The maximum absolute atomic E-state index is 13.7. The van der Waals surface area contributed by atoms with Gasteiger partial charge in [-0.25, -0.2) is 9.37 Å². The Morgan fingerprint density at radius 1 is 1.50 bits per heavy atom. The minimum atomic E-state index is -0.381. The Hall–Kier alpha value is -1.14. The van der Waals surface area contributed by atoms with Crippen LogP contribution in [0, 0.1) is 5.82 Å². The Morgan fingerprint density at radius 2 is 2.20 bits per heavy atom. The summed E-state index contributed by atoms with van der Waals surface area (Å²) in [6.07, 6.45) is 0.524. The molecule has 108 valence electrons. The lowest BCUT2D eigenvalue weighted by Gasteiger charge is -2.13. The van der Waals surface area contributed by atoms with Gasteiger partial charge in [-0.2, -0.15) is 0 Å². The van der Waals surface area contributed by atoms with Crippen LogP contribution in [-0.2, 0) is 17.8 Å². The maximum Gasteiger partial charge on any atom is 0.242 e. The number of aromatic nitrogens is 2. The van der Waals surface area contributed by atoms with E-state index in [0.29, 0.717) is 33.6 Å². The van der Waals surface area contributed by atoms with Crippen molar-refractivity contribution in [3.8, 4) is 0 Å². The van der Waals surface area contributed by atoms with Gasteiger partial charge in [0.15, 0.2) is 0 Å². The lowest BCUT2D eigenvalue weighted by atomic mass is 10.3. The molecular formula is C13H14BrClFN3O. The first-order valence-corrected chi connectivity index (χ1v) is 7.37. The molecule has 20 heavy (non-hydrogen) atoms. The van der Waals surface area contributed by atoms with Gasteiger partial charge in [-0.1, -0.05) is 0 Å². The molecule has 0 bridgehead atoms. The lowest BCUT2D eigenvalue weighted by Crippen LogP contribution is -2.27. The van der Waals surface area contributed by atoms with Gasteiger partial charge in [-0.15, -0.1) is 11.6 Å². The number of nitrogens with zero attached hydrogens (tertiary/aromatic N) is 3. The highest BCUT2D eigenvalue weighted by Gasteiger charge is 2.16. The van der Waals surface area contributed by atoms with Crippen molar-refractivity contribution in [2.75, 3.05) is 20.0 Å². The molecule has 4 nitrogen and oxygen atoms in total. The van der Waals surface area contributed by atoms with Gasteiger partial charge in [0, 0.05) is 32.5 Å². The van der Waals surface area contributed by atoms with Crippen LogP contribution in [0.2, 0.25) is 0 Å². The standard InChI is InChI=1S/C13H14BrClFN3O/c1-18(2)13(20)7-19-11-6-9(16)8(14)5-10(11)17-12(19)3-4-15/h5-6H,3-4,7H2,1-2H3. The average molecular weight is 363 g/mol. The molecule has 2 rings (SSSR count). The zero-order chi connectivity index (χ0) is 14.9. The first-order chi connectivity index (χ1) is 9.43. The number of alkyl halides is 1. The number of benzene rings is 1. The molecule has 0 saturated heterocycles. The molecule has 0 aliphatic heterocycles. The van der Waals surface area contributed by atoms with Crippen molar-refractivity contribution in [3.63, 3.8) is 0 Å². The van der Waals surface area contributed by atoms with Gasteiger partial charge in [-0.05, 0) is 22.0 Å². The molecule has 0 N–H and O–H groups in total. The summed E-state index contributed by atoms with van der Waals surface area (Å²) in [4.78, 5) is 17.8. The van der Waals surface area contributed by atoms with E-state index >= 15 is 0 Å². The van der Waals surface area contributed by atoms with Crippen LogP contribution in [0.15, 0.2) is 16.6 Å². The molecule has 0 aliphatic rings. The number of hydrogen-bond acceptors (Lipinski definition) is 2. The van der Waals surface area contributed by atoms with Crippen molar-refractivity contribution in [2.24, 2.45) is 0 Å². The summed E-state index contributed by atoms with van der Waals surface area (Å²) in [5.74, 6) is 0.614. The predicted molar refractivity (Wildman–Crippen MR) is 80.5 cm³/mol. The van der Waals surface area contributed by atoms with E-state index in [1.54, 1.807) is 24.7 Å². The molecule has 0 fully saturated rings. The van der Waals surface area contributed by atoms with Crippen molar-refractivity contribution in [1.82, 2.24) is 14.5 Å². The third-order valence-electron chi connectivity index (χ3n) is 2.98. The van der Waals surface area contributed by atoms with Crippen LogP contribution in [-0.4, -0.2) is 40.3 Å². The SMILES string of the molecule is CN(C)C(=O)Cn1c(CCCl)nc2cc(Br)c(F)cc21. The Morgan fingerprint density at radius 3 is 2.80 bits per heavy atom. The maximum atomic E-state index is 13.7. The first kappa shape index (κ1) is 15.3. The zero-order valence-electron chi connectivity index (χ0n) is 11.2. The minimum Gasteiger partial charge on any atom is -0.347 e. The highest BCUT2D eigenvalue weighted by molar-refractivity contribution is 9.10. The Kier molecular flexibility index (Phi) is 4.65. The molecule has 0 aliphatic carbocycles. The fraction of sp³-hybridized carbons (Fsp3) is 0.385. The molecule has 7 heteroatoms. The number of fused-ring (bicyclic) bond motifs is 1. The minimum absolute atomic E-state index is 0.0801. The summed E-state index contributed by atoms with van der Waals surface area (Å²) >= 11 is 8.90. The normalized spacial score (nSPS) is 11.1. The van der Waals surface area contributed by atoms with E-state index in [-0.39, 0.29) is 18.3 Å². The number of imidazole rings is 1. The predicted octanol–water partition coefficient (Wildman–Crippen LogP) is 2.81. The van der Waals surface area contributed by atoms with Crippen LogP contribution in [0.1, 0.15) is 5.82 Å². The highest BCUT2D eigenvalue weighted by atomic mass is 79.9. The van der Waals surface area contributed by atoms with Crippen molar-refractivity contribution in [2.45, 2.75) is 13.0 Å². The van der Waals surface area contributed by atoms with Gasteiger partial charge in [0.05, 0.1) is 15.5 Å². The topological polar surface area (TPSA) is 38.1 Å². The number of carbonyl (C=O) groups excluding carboxylic acids is 1. The second-order valence-electron chi connectivity index (χ2n) is 4.60.